The summed E-state index contributed by atoms with van der Waals surface area (Å²) in [5, 5.41) is 6.26. The van der Waals surface area contributed by atoms with Gasteiger partial charge in [0, 0.05) is 44.2 Å². The number of hydrogen-bond donors (Lipinski definition) is 1. The summed E-state index contributed by atoms with van der Waals surface area (Å²) in [5.74, 6) is 0.606. The zero-order chi connectivity index (χ0) is 27.5. The Kier molecular flexibility index (Phi) is 5.55. The van der Waals surface area contributed by atoms with Gasteiger partial charge >= 0.3 is 5.69 Å². The lowest BCUT2D eigenvalue weighted by molar-refractivity contribution is 0.415. The molecular formula is C29H19ClN6O3S. The van der Waals surface area contributed by atoms with Crippen molar-refractivity contribution in [1.29, 1.82) is 0 Å². The Labute approximate surface area is 234 Å². The lowest BCUT2D eigenvalue weighted by Crippen LogP contribution is -2.33. The largest absolute Gasteiger partial charge is 0.497 e. The number of benzene rings is 2. The standard InChI is InChI=1S/C29H19ClN6O3S/c1-15-8-17(13-35-27(15)32-14-33-35)19-4-3-5-21(30)25(19)24-10-22-26(40-24)28(37)36(29(38)34-22)23-12-31-11-16-6-7-18(39-2)9-20(16)23/h3-14H,1-2H3,(H,34,38). The number of aromatic amines is 1. The average Bonchev–Trinajstić information content (AvgIpc) is 3.60. The van der Waals surface area contributed by atoms with Gasteiger partial charge in [0.1, 0.15) is 16.8 Å². The highest BCUT2D eigenvalue weighted by Gasteiger charge is 2.20. The summed E-state index contributed by atoms with van der Waals surface area (Å²) in [6.45, 7) is 1.97. The molecule has 0 aliphatic rings. The quantitative estimate of drug-likeness (QED) is 0.296. The van der Waals surface area contributed by atoms with Crippen LogP contribution in [0.3, 0.4) is 0 Å². The third kappa shape index (κ3) is 3.72. The monoisotopic (exact) mass is 566 g/mol. The third-order valence-corrected chi connectivity index (χ3v) is 8.35. The molecule has 1 N–H and O–H groups in total. The first-order chi connectivity index (χ1) is 19.4. The molecule has 0 amide bonds. The van der Waals surface area contributed by atoms with E-state index in [1.165, 1.54) is 23.9 Å². The molecular weight excluding hydrogens is 548 g/mol. The molecule has 0 aliphatic carbocycles. The van der Waals surface area contributed by atoms with Gasteiger partial charge in [0.15, 0.2) is 5.65 Å². The second-order valence-electron chi connectivity index (χ2n) is 9.27. The van der Waals surface area contributed by atoms with E-state index < -0.39 is 11.2 Å². The van der Waals surface area contributed by atoms with Gasteiger partial charge in [0.05, 0.1) is 24.5 Å². The van der Waals surface area contributed by atoms with Gasteiger partial charge in [-0.1, -0.05) is 23.7 Å². The molecule has 0 saturated carbocycles. The number of fused-ring (bicyclic) bond motifs is 3. The molecule has 0 fully saturated rings. The van der Waals surface area contributed by atoms with Gasteiger partial charge in [0.25, 0.3) is 5.56 Å². The van der Waals surface area contributed by atoms with Crippen LogP contribution in [0.2, 0.25) is 5.02 Å². The van der Waals surface area contributed by atoms with Crippen LogP contribution in [-0.2, 0) is 0 Å². The summed E-state index contributed by atoms with van der Waals surface area (Å²) in [4.78, 5) is 39.3. The first-order valence-corrected chi connectivity index (χ1v) is 13.4. The summed E-state index contributed by atoms with van der Waals surface area (Å²) in [5.41, 5.74) is 4.05. The van der Waals surface area contributed by atoms with Crippen LogP contribution in [0.1, 0.15) is 5.56 Å². The topological polar surface area (TPSA) is 107 Å². The molecule has 0 aliphatic heterocycles. The number of nitrogens with zero attached hydrogens (tertiary/aromatic N) is 5. The van der Waals surface area contributed by atoms with Crippen molar-refractivity contribution in [2.75, 3.05) is 7.11 Å². The number of thiophene rings is 1. The van der Waals surface area contributed by atoms with Crippen LogP contribution < -0.4 is 16.0 Å². The number of halogens is 1. The summed E-state index contributed by atoms with van der Waals surface area (Å²) in [6.07, 6.45) is 6.60. The number of rotatable bonds is 4. The van der Waals surface area contributed by atoms with Crippen molar-refractivity contribution in [3.8, 4) is 33.0 Å². The Hall–Kier alpha value is -4.80. The predicted octanol–water partition coefficient (Wildman–Crippen LogP) is 5.64. The SMILES string of the molecule is COc1ccc2cncc(-n3c(=O)[nH]c4cc(-c5c(Cl)cccc5-c5cc(C)c6ncnn6c5)sc4c3=O)c2c1. The summed E-state index contributed by atoms with van der Waals surface area (Å²) in [6, 6.07) is 14.9. The van der Waals surface area contributed by atoms with Crippen LogP contribution in [-0.4, -0.2) is 36.2 Å². The first kappa shape index (κ1) is 24.3. The molecule has 7 rings (SSSR count). The molecule has 0 saturated heterocycles. The molecule has 2 aromatic carbocycles. The highest BCUT2D eigenvalue weighted by atomic mass is 35.5. The Morgan fingerprint density at radius 1 is 1.07 bits per heavy atom. The fourth-order valence-electron chi connectivity index (χ4n) is 5.04. The predicted molar refractivity (Wildman–Crippen MR) is 157 cm³/mol. The summed E-state index contributed by atoms with van der Waals surface area (Å²) >= 11 is 8.04. The molecule has 0 bridgehead atoms. The van der Waals surface area contributed by atoms with Gasteiger partial charge in [-0.05, 0) is 54.4 Å². The van der Waals surface area contributed by atoms with Crippen molar-refractivity contribution in [2.24, 2.45) is 0 Å². The average molecular weight is 567 g/mol. The molecule has 40 heavy (non-hydrogen) atoms. The molecule has 9 nitrogen and oxygen atoms in total. The van der Waals surface area contributed by atoms with Crippen LogP contribution in [0, 0.1) is 6.92 Å². The van der Waals surface area contributed by atoms with E-state index in [0.29, 0.717) is 32.1 Å². The molecule has 0 spiro atoms. The smallest absolute Gasteiger partial charge is 0.333 e. The van der Waals surface area contributed by atoms with Crippen LogP contribution >= 0.6 is 22.9 Å². The van der Waals surface area contributed by atoms with E-state index in [9.17, 15) is 9.59 Å². The Bertz CT molecular complexity index is 2250. The van der Waals surface area contributed by atoms with E-state index in [0.717, 1.165) is 42.7 Å². The number of aryl methyl sites for hydroxylation is 1. The van der Waals surface area contributed by atoms with E-state index in [1.54, 1.807) is 36.0 Å². The van der Waals surface area contributed by atoms with Crippen molar-refractivity contribution in [1.82, 2.24) is 29.1 Å². The number of methoxy groups -OCH3 is 1. The van der Waals surface area contributed by atoms with E-state index in [-0.39, 0.29) is 0 Å². The number of hydrogen-bond acceptors (Lipinski definition) is 7. The Morgan fingerprint density at radius 2 is 1.95 bits per heavy atom. The highest BCUT2D eigenvalue weighted by Crippen LogP contribution is 2.42. The van der Waals surface area contributed by atoms with Gasteiger partial charge in [-0.15, -0.1) is 11.3 Å². The first-order valence-electron chi connectivity index (χ1n) is 12.2. The molecule has 11 heteroatoms. The molecule has 7 aromatic rings. The minimum Gasteiger partial charge on any atom is -0.497 e. The number of H-pyrrole nitrogens is 1. The fourth-order valence-corrected chi connectivity index (χ4v) is 6.49. The second-order valence-corrected chi connectivity index (χ2v) is 10.7. The fraction of sp³-hybridized carbons (Fsp3) is 0.0690. The number of ether oxygens (including phenoxy) is 1. The van der Waals surface area contributed by atoms with E-state index in [1.807, 2.05) is 43.5 Å². The molecule has 5 aromatic heterocycles. The maximum Gasteiger partial charge on any atom is 0.333 e. The Morgan fingerprint density at radius 3 is 2.80 bits per heavy atom. The van der Waals surface area contributed by atoms with Crippen molar-refractivity contribution >= 4 is 49.6 Å². The van der Waals surface area contributed by atoms with Gasteiger partial charge in [-0.2, -0.15) is 5.10 Å². The third-order valence-electron chi connectivity index (χ3n) is 6.89. The summed E-state index contributed by atoms with van der Waals surface area (Å²) < 4.78 is 8.60. The van der Waals surface area contributed by atoms with E-state index in [2.05, 4.69) is 20.1 Å². The normalized spacial score (nSPS) is 11.6. The number of pyridine rings is 2. The molecule has 0 atom stereocenters. The maximum absolute atomic E-state index is 13.8. The van der Waals surface area contributed by atoms with Crippen molar-refractivity contribution < 1.29 is 4.74 Å². The van der Waals surface area contributed by atoms with Crippen LogP contribution in [0.15, 0.2) is 83.0 Å². The zero-order valence-corrected chi connectivity index (χ0v) is 22.7. The number of nitrogens with one attached hydrogen (secondary N) is 1. The van der Waals surface area contributed by atoms with Crippen LogP contribution in [0.4, 0.5) is 0 Å². The lowest BCUT2D eigenvalue weighted by atomic mass is 9.99. The number of aromatic nitrogens is 6. The van der Waals surface area contributed by atoms with Crippen LogP contribution in [0.5, 0.6) is 5.75 Å². The lowest BCUT2D eigenvalue weighted by Gasteiger charge is -2.11. The Balaban J connectivity index is 1.45. The van der Waals surface area contributed by atoms with Crippen LogP contribution in [0.25, 0.3) is 53.9 Å². The molecule has 0 radical (unpaired) electrons. The van der Waals surface area contributed by atoms with Gasteiger partial charge in [-0.3, -0.25) is 9.78 Å². The van der Waals surface area contributed by atoms with Gasteiger partial charge < -0.3 is 9.72 Å². The minimum atomic E-state index is -0.564. The van der Waals surface area contributed by atoms with Crippen molar-refractivity contribution in [2.45, 2.75) is 6.92 Å². The maximum atomic E-state index is 13.8. The van der Waals surface area contributed by atoms with E-state index in [4.69, 9.17) is 16.3 Å². The van der Waals surface area contributed by atoms with Gasteiger partial charge in [-0.25, -0.2) is 18.9 Å². The highest BCUT2D eigenvalue weighted by molar-refractivity contribution is 7.22. The summed E-state index contributed by atoms with van der Waals surface area (Å²) in [7, 11) is 1.56. The van der Waals surface area contributed by atoms with Crippen molar-refractivity contribution in [3.63, 3.8) is 0 Å². The van der Waals surface area contributed by atoms with E-state index >= 15 is 0 Å². The second kappa shape index (κ2) is 9.15. The molecule has 5 heterocycles. The molecule has 0 unspecified atom stereocenters. The molecule has 196 valence electrons. The zero-order valence-electron chi connectivity index (χ0n) is 21.2. The minimum absolute atomic E-state index is 0.370. The van der Waals surface area contributed by atoms with Gasteiger partial charge in [0.2, 0.25) is 0 Å². The van der Waals surface area contributed by atoms with Crippen molar-refractivity contribution in [3.05, 3.63) is 105 Å².